The van der Waals surface area contributed by atoms with Crippen LogP contribution < -0.4 is 15.8 Å². The number of rotatable bonds is 7. The number of nitrogens with one attached hydrogen (secondary N) is 1. The summed E-state index contributed by atoms with van der Waals surface area (Å²) in [6.07, 6.45) is 4.97. The maximum absolute atomic E-state index is 8.49. The molecule has 108 valence electrons. The van der Waals surface area contributed by atoms with Gasteiger partial charge in [-0.2, -0.15) is 5.26 Å². The van der Waals surface area contributed by atoms with Crippen LogP contribution in [-0.2, 0) is 0 Å². The normalized spacial score (nSPS) is 21.4. The minimum atomic E-state index is 0.480. The Hall–Kier alpha value is -1.73. The van der Waals surface area contributed by atoms with Crippen LogP contribution >= 0.6 is 0 Å². The molecule has 1 aliphatic rings. The largest absolute Gasteiger partial charge is 0.493 e. The van der Waals surface area contributed by atoms with Crippen LogP contribution in [0.2, 0.25) is 0 Å². The smallest absolute Gasteiger partial charge is 0.121 e. The highest BCUT2D eigenvalue weighted by Crippen LogP contribution is 2.28. The van der Waals surface area contributed by atoms with Crippen LogP contribution in [0.15, 0.2) is 24.3 Å². The van der Waals surface area contributed by atoms with Crippen LogP contribution in [0.4, 0.5) is 5.69 Å². The van der Waals surface area contributed by atoms with Crippen LogP contribution in [-0.4, -0.2) is 19.2 Å². The van der Waals surface area contributed by atoms with Crippen LogP contribution in [0.5, 0.6) is 5.75 Å². The van der Waals surface area contributed by atoms with E-state index in [0.717, 1.165) is 24.4 Å². The molecule has 0 heterocycles. The molecule has 0 radical (unpaired) electrons. The first-order chi connectivity index (χ1) is 9.83. The lowest BCUT2D eigenvalue weighted by molar-refractivity contribution is 0.313. The van der Waals surface area contributed by atoms with Gasteiger partial charge >= 0.3 is 0 Å². The Morgan fingerprint density at radius 2 is 2.30 bits per heavy atom. The lowest BCUT2D eigenvalue weighted by Crippen LogP contribution is -2.29. The van der Waals surface area contributed by atoms with E-state index in [1.165, 1.54) is 19.3 Å². The maximum atomic E-state index is 8.49. The van der Waals surface area contributed by atoms with Gasteiger partial charge in [-0.3, -0.25) is 0 Å². The summed E-state index contributed by atoms with van der Waals surface area (Å²) >= 11 is 0. The fraction of sp³-hybridized carbons (Fsp3) is 0.562. The van der Waals surface area contributed by atoms with E-state index in [0.29, 0.717) is 25.0 Å². The van der Waals surface area contributed by atoms with Gasteiger partial charge in [-0.1, -0.05) is 12.5 Å². The van der Waals surface area contributed by atoms with E-state index < -0.39 is 0 Å². The van der Waals surface area contributed by atoms with E-state index in [4.69, 9.17) is 15.7 Å². The Balaban J connectivity index is 1.87. The zero-order valence-electron chi connectivity index (χ0n) is 11.8. The predicted molar refractivity (Wildman–Crippen MR) is 80.6 cm³/mol. The summed E-state index contributed by atoms with van der Waals surface area (Å²) in [5.41, 5.74) is 6.90. The Morgan fingerprint density at radius 1 is 1.40 bits per heavy atom. The fourth-order valence-electron chi connectivity index (χ4n) is 2.74. The van der Waals surface area contributed by atoms with Crippen LogP contribution in [0.3, 0.4) is 0 Å². The van der Waals surface area contributed by atoms with Crippen molar-refractivity contribution in [2.45, 2.75) is 38.1 Å². The molecule has 0 spiro atoms. The molecule has 1 saturated carbocycles. The zero-order chi connectivity index (χ0) is 14.2. The number of ether oxygens (including phenoxy) is 1. The fourth-order valence-corrected chi connectivity index (χ4v) is 2.74. The number of nitrogens with two attached hydrogens (primary N) is 1. The first-order valence-electron chi connectivity index (χ1n) is 7.40. The van der Waals surface area contributed by atoms with Crippen LogP contribution in [0.25, 0.3) is 0 Å². The van der Waals surface area contributed by atoms with Crippen molar-refractivity contribution in [3.05, 3.63) is 24.3 Å². The van der Waals surface area contributed by atoms with Crippen molar-refractivity contribution in [2.75, 3.05) is 18.5 Å². The number of nitriles is 1. The summed E-state index contributed by atoms with van der Waals surface area (Å²) in [4.78, 5) is 0. The standard InChI is InChI=1S/C16H23N3O/c17-9-1-2-10-20-15-7-4-6-14(11-15)19-16-8-3-5-13(16)12-18/h4,6-7,11,13,16,19H,1-3,5,8,10,12,18H2. The van der Waals surface area contributed by atoms with Gasteiger partial charge in [0.15, 0.2) is 0 Å². The highest BCUT2D eigenvalue weighted by molar-refractivity contribution is 5.49. The van der Waals surface area contributed by atoms with Gasteiger partial charge in [-0.15, -0.1) is 0 Å². The third-order valence-electron chi connectivity index (χ3n) is 3.85. The third kappa shape index (κ3) is 4.14. The molecule has 0 aliphatic heterocycles. The SMILES string of the molecule is N#CCCCOc1cccc(NC2CCCC2CN)c1. The zero-order valence-corrected chi connectivity index (χ0v) is 11.8. The van der Waals surface area contributed by atoms with E-state index in [2.05, 4.69) is 17.5 Å². The van der Waals surface area contributed by atoms with Crippen molar-refractivity contribution in [1.82, 2.24) is 0 Å². The Labute approximate surface area is 120 Å². The minimum Gasteiger partial charge on any atom is -0.493 e. The number of hydrogen-bond donors (Lipinski definition) is 2. The molecule has 0 saturated heterocycles. The van der Waals surface area contributed by atoms with Crippen molar-refractivity contribution < 1.29 is 4.74 Å². The average Bonchev–Trinajstić information content (AvgIpc) is 2.91. The molecule has 0 bridgehead atoms. The van der Waals surface area contributed by atoms with Gasteiger partial charge in [-0.25, -0.2) is 0 Å². The van der Waals surface area contributed by atoms with Crippen LogP contribution in [0.1, 0.15) is 32.1 Å². The van der Waals surface area contributed by atoms with Crippen molar-refractivity contribution in [1.29, 1.82) is 5.26 Å². The van der Waals surface area contributed by atoms with Crippen molar-refractivity contribution in [3.8, 4) is 11.8 Å². The highest BCUT2D eigenvalue weighted by atomic mass is 16.5. The number of benzene rings is 1. The molecule has 2 unspecified atom stereocenters. The molecule has 1 aromatic rings. The van der Waals surface area contributed by atoms with E-state index in [-0.39, 0.29) is 0 Å². The molecular formula is C16H23N3O. The predicted octanol–water partition coefficient (Wildman–Crippen LogP) is 2.91. The summed E-state index contributed by atoms with van der Waals surface area (Å²) < 4.78 is 5.65. The van der Waals surface area contributed by atoms with Gasteiger partial charge in [0.2, 0.25) is 0 Å². The van der Waals surface area contributed by atoms with E-state index in [1.807, 2.05) is 18.2 Å². The first-order valence-corrected chi connectivity index (χ1v) is 7.40. The third-order valence-corrected chi connectivity index (χ3v) is 3.85. The summed E-state index contributed by atoms with van der Waals surface area (Å²) in [6, 6.07) is 10.6. The molecule has 1 aromatic carbocycles. The lowest BCUT2D eigenvalue weighted by Gasteiger charge is -2.21. The molecule has 2 atom stereocenters. The second kappa shape index (κ2) is 7.76. The van der Waals surface area contributed by atoms with Gasteiger partial charge in [0.1, 0.15) is 5.75 Å². The molecule has 20 heavy (non-hydrogen) atoms. The lowest BCUT2D eigenvalue weighted by atomic mass is 10.0. The van der Waals surface area contributed by atoms with E-state index in [9.17, 15) is 0 Å². The molecule has 4 heteroatoms. The number of hydrogen-bond acceptors (Lipinski definition) is 4. The maximum Gasteiger partial charge on any atom is 0.121 e. The molecule has 4 nitrogen and oxygen atoms in total. The van der Waals surface area contributed by atoms with Gasteiger partial charge in [0.05, 0.1) is 12.7 Å². The van der Waals surface area contributed by atoms with Gasteiger partial charge < -0.3 is 15.8 Å². The van der Waals surface area contributed by atoms with Gasteiger partial charge in [0, 0.05) is 24.2 Å². The summed E-state index contributed by atoms with van der Waals surface area (Å²) in [7, 11) is 0. The first kappa shape index (κ1) is 14.7. The number of nitrogens with zero attached hydrogens (tertiary/aromatic N) is 1. The topological polar surface area (TPSA) is 71.1 Å². The molecule has 3 N–H and O–H groups in total. The highest BCUT2D eigenvalue weighted by Gasteiger charge is 2.25. The Bertz CT molecular complexity index is 455. The number of anilines is 1. The quantitative estimate of drug-likeness (QED) is 0.749. The number of unbranched alkanes of at least 4 members (excludes halogenated alkanes) is 1. The van der Waals surface area contributed by atoms with E-state index >= 15 is 0 Å². The minimum absolute atomic E-state index is 0.480. The van der Waals surface area contributed by atoms with E-state index in [1.54, 1.807) is 0 Å². The van der Waals surface area contributed by atoms with Gasteiger partial charge in [-0.05, 0) is 43.9 Å². The molecule has 1 aliphatic carbocycles. The van der Waals surface area contributed by atoms with Crippen molar-refractivity contribution in [2.24, 2.45) is 11.7 Å². The summed E-state index contributed by atoms with van der Waals surface area (Å²) in [6.45, 7) is 1.34. The van der Waals surface area contributed by atoms with Gasteiger partial charge in [0.25, 0.3) is 0 Å². The van der Waals surface area contributed by atoms with Crippen molar-refractivity contribution in [3.63, 3.8) is 0 Å². The molecule has 0 aromatic heterocycles. The Kier molecular flexibility index (Phi) is 5.69. The van der Waals surface area contributed by atoms with Crippen molar-refractivity contribution >= 4 is 5.69 Å². The molecular weight excluding hydrogens is 250 g/mol. The second-order valence-electron chi connectivity index (χ2n) is 5.32. The summed E-state index contributed by atoms with van der Waals surface area (Å²) in [5, 5.41) is 12.1. The van der Waals surface area contributed by atoms with Crippen LogP contribution in [0, 0.1) is 17.2 Å². The second-order valence-corrected chi connectivity index (χ2v) is 5.32. The molecule has 1 fully saturated rings. The average molecular weight is 273 g/mol. The molecule has 0 amide bonds. The monoisotopic (exact) mass is 273 g/mol. The molecule has 2 rings (SSSR count). The summed E-state index contributed by atoms with van der Waals surface area (Å²) in [5.74, 6) is 1.44. The Morgan fingerprint density at radius 3 is 3.10 bits per heavy atom.